The maximum absolute atomic E-state index is 10.7. The summed E-state index contributed by atoms with van der Waals surface area (Å²) in [6.07, 6.45) is 2.14. The van der Waals surface area contributed by atoms with Crippen LogP contribution < -0.4 is 14.2 Å². The number of hydrogen-bond acceptors (Lipinski definition) is 9. The van der Waals surface area contributed by atoms with Gasteiger partial charge in [-0.05, 0) is 61.7 Å². The monoisotopic (exact) mass is 505 g/mol. The molecule has 6 rings (SSSR count). The van der Waals surface area contributed by atoms with E-state index >= 15 is 0 Å². The van der Waals surface area contributed by atoms with Crippen LogP contribution in [0.3, 0.4) is 0 Å². The molecular formula is C28H31N3O6. The maximum atomic E-state index is 10.7. The Hall–Kier alpha value is -3.56. The average Bonchev–Trinajstić information content (AvgIpc) is 3.59. The lowest BCUT2D eigenvalue weighted by Gasteiger charge is -2.33. The van der Waals surface area contributed by atoms with E-state index in [4.69, 9.17) is 23.0 Å². The number of ether oxygens (including phenoxy) is 3. The normalized spacial score (nSPS) is 17.2. The first-order chi connectivity index (χ1) is 18.2. The van der Waals surface area contributed by atoms with Crippen molar-refractivity contribution >= 4 is 11.0 Å². The quantitative estimate of drug-likeness (QED) is 0.372. The van der Waals surface area contributed by atoms with E-state index in [-0.39, 0.29) is 6.61 Å². The summed E-state index contributed by atoms with van der Waals surface area (Å²) >= 11 is 0. The number of furan rings is 1. The summed E-state index contributed by atoms with van der Waals surface area (Å²) < 4.78 is 28.9. The summed E-state index contributed by atoms with van der Waals surface area (Å²) in [5.74, 6) is 4.22. The molecule has 9 heteroatoms. The number of piperidine rings is 1. The van der Waals surface area contributed by atoms with Gasteiger partial charge in [0.25, 0.3) is 5.89 Å². The first-order valence-electron chi connectivity index (χ1n) is 12.9. The fourth-order valence-electron chi connectivity index (χ4n) is 5.06. The standard InChI is InChI=1S/C28H31N3O6/c1-2-27-29-30-28(37-27)26-15-21-22(4-3-5-23(21)36-26)35-17-20(32)16-31-10-8-18(9-11-31)19-6-7-24-25(14-19)34-13-12-33-24/h3-7,14-15,18,20,32H,2,8-13,16-17H2,1H3/t20-/m0/s1. The second kappa shape index (κ2) is 10.4. The molecule has 2 aliphatic rings. The van der Waals surface area contributed by atoms with Gasteiger partial charge in [-0.3, -0.25) is 0 Å². The number of benzene rings is 2. The molecule has 2 aromatic heterocycles. The lowest BCUT2D eigenvalue weighted by atomic mass is 9.89. The van der Waals surface area contributed by atoms with Gasteiger partial charge in [-0.15, -0.1) is 10.2 Å². The minimum absolute atomic E-state index is 0.197. The molecule has 2 aliphatic heterocycles. The summed E-state index contributed by atoms with van der Waals surface area (Å²) in [6, 6.07) is 13.7. The summed E-state index contributed by atoms with van der Waals surface area (Å²) in [6.45, 7) is 5.79. The van der Waals surface area contributed by atoms with Crippen molar-refractivity contribution in [1.29, 1.82) is 0 Å². The second-order valence-corrected chi connectivity index (χ2v) is 9.58. The van der Waals surface area contributed by atoms with Crippen LogP contribution in [0.25, 0.3) is 22.6 Å². The molecule has 1 atom stereocenters. The molecule has 4 aromatic rings. The number of aryl methyl sites for hydroxylation is 1. The number of rotatable bonds is 8. The molecule has 0 unspecified atom stereocenters. The number of fused-ring (bicyclic) bond motifs is 2. The molecule has 0 amide bonds. The number of hydrogen-bond donors (Lipinski definition) is 1. The predicted molar refractivity (Wildman–Crippen MR) is 136 cm³/mol. The first kappa shape index (κ1) is 23.8. The van der Waals surface area contributed by atoms with Crippen LogP contribution in [0.1, 0.15) is 37.1 Å². The van der Waals surface area contributed by atoms with Crippen molar-refractivity contribution < 1.29 is 28.2 Å². The van der Waals surface area contributed by atoms with Gasteiger partial charge in [-0.2, -0.15) is 0 Å². The highest BCUT2D eigenvalue weighted by molar-refractivity contribution is 5.87. The van der Waals surface area contributed by atoms with Gasteiger partial charge in [0.2, 0.25) is 5.89 Å². The Labute approximate surface area is 214 Å². The van der Waals surface area contributed by atoms with Gasteiger partial charge in [-0.1, -0.05) is 19.1 Å². The fraction of sp³-hybridized carbons (Fsp3) is 0.429. The smallest absolute Gasteiger partial charge is 0.283 e. The highest BCUT2D eigenvalue weighted by Gasteiger charge is 2.24. The first-order valence-corrected chi connectivity index (χ1v) is 12.9. The molecule has 0 radical (unpaired) electrons. The summed E-state index contributed by atoms with van der Waals surface area (Å²) in [7, 11) is 0. The number of β-amino-alcohol motifs (C(OH)–C–C–N with tert-alkyl or cyclic N) is 1. The van der Waals surface area contributed by atoms with E-state index in [1.54, 1.807) is 0 Å². The minimum atomic E-state index is -0.601. The number of aromatic nitrogens is 2. The Morgan fingerprint density at radius 3 is 2.68 bits per heavy atom. The van der Waals surface area contributed by atoms with Gasteiger partial charge in [0.1, 0.15) is 37.3 Å². The summed E-state index contributed by atoms with van der Waals surface area (Å²) in [5.41, 5.74) is 1.96. The largest absolute Gasteiger partial charge is 0.490 e. The Kier molecular flexibility index (Phi) is 6.72. The fourth-order valence-corrected chi connectivity index (χ4v) is 5.06. The van der Waals surface area contributed by atoms with Gasteiger partial charge in [0.05, 0.1) is 5.39 Å². The number of nitrogens with zero attached hydrogens (tertiary/aromatic N) is 3. The SMILES string of the molecule is CCc1nnc(-c2cc3c(OC[C@@H](O)CN4CCC(c5ccc6c(c5)OCCO6)CC4)cccc3o2)o1. The van der Waals surface area contributed by atoms with Crippen molar-refractivity contribution in [3.05, 3.63) is 53.9 Å². The van der Waals surface area contributed by atoms with Crippen LogP contribution in [-0.4, -0.2) is 65.8 Å². The van der Waals surface area contributed by atoms with Crippen molar-refractivity contribution in [2.45, 2.75) is 38.2 Å². The van der Waals surface area contributed by atoms with Crippen molar-refractivity contribution in [3.8, 4) is 28.9 Å². The Morgan fingerprint density at radius 2 is 1.86 bits per heavy atom. The van der Waals surface area contributed by atoms with Crippen LogP contribution in [0.2, 0.25) is 0 Å². The molecule has 9 nitrogen and oxygen atoms in total. The molecule has 0 saturated carbocycles. The van der Waals surface area contributed by atoms with Gasteiger partial charge in [-0.25, -0.2) is 0 Å². The third kappa shape index (κ3) is 5.14. The summed E-state index contributed by atoms with van der Waals surface area (Å²) in [4.78, 5) is 2.31. The third-order valence-electron chi connectivity index (χ3n) is 7.03. The van der Waals surface area contributed by atoms with Crippen LogP contribution in [0.5, 0.6) is 17.2 Å². The zero-order valence-electron chi connectivity index (χ0n) is 20.9. The average molecular weight is 506 g/mol. The van der Waals surface area contributed by atoms with E-state index in [0.717, 1.165) is 42.8 Å². The molecule has 1 saturated heterocycles. The Bertz CT molecular complexity index is 1360. The molecule has 0 spiro atoms. The van der Waals surface area contributed by atoms with Gasteiger partial charge >= 0.3 is 0 Å². The van der Waals surface area contributed by atoms with Gasteiger partial charge in [0.15, 0.2) is 17.3 Å². The van der Waals surface area contributed by atoms with Crippen molar-refractivity contribution in [2.75, 3.05) is 39.5 Å². The lowest BCUT2D eigenvalue weighted by Crippen LogP contribution is -2.40. The molecule has 1 N–H and O–H groups in total. The predicted octanol–water partition coefficient (Wildman–Crippen LogP) is 4.44. The third-order valence-corrected chi connectivity index (χ3v) is 7.03. The second-order valence-electron chi connectivity index (χ2n) is 9.58. The highest BCUT2D eigenvalue weighted by atomic mass is 16.6. The van der Waals surface area contributed by atoms with E-state index < -0.39 is 6.10 Å². The van der Waals surface area contributed by atoms with E-state index in [0.29, 0.717) is 61.0 Å². The Morgan fingerprint density at radius 1 is 1.03 bits per heavy atom. The molecular weight excluding hydrogens is 474 g/mol. The van der Waals surface area contributed by atoms with Crippen LogP contribution in [0.4, 0.5) is 0 Å². The molecule has 0 bridgehead atoms. The highest BCUT2D eigenvalue weighted by Crippen LogP contribution is 2.37. The van der Waals surface area contributed by atoms with E-state index in [2.05, 4.69) is 27.2 Å². The van der Waals surface area contributed by atoms with Crippen LogP contribution in [0, 0.1) is 0 Å². The van der Waals surface area contributed by atoms with Crippen molar-refractivity contribution in [3.63, 3.8) is 0 Å². The Balaban J connectivity index is 1.03. The number of aliphatic hydroxyl groups excluding tert-OH is 1. The topological polar surface area (TPSA) is 103 Å². The zero-order chi connectivity index (χ0) is 25.2. The molecule has 194 valence electrons. The molecule has 1 fully saturated rings. The molecule has 0 aliphatic carbocycles. The van der Waals surface area contributed by atoms with E-state index in [1.807, 2.05) is 37.3 Å². The molecule has 37 heavy (non-hydrogen) atoms. The molecule has 4 heterocycles. The maximum Gasteiger partial charge on any atom is 0.283 e. The van der Waals surface area contributed by atoms with Gasteiger partial charge in [0, 0.05) is 19.0 Å². The number of likely N-dealkylation sites (tertiary alicyclic amines) is 1. The van der Waals surface area contributed by atoms with Crippen molar-refractivity contribution in [2.24, 2.45) is 0 Å². The van der Waals surface area contributed by atoms with Gasteiger partial charge < -0.3 is 33.1 Å². The molecule has 2 aromatic carbocycles. The van der Waals surface area contributed by atoms with E-state index in [9.17, 15) is 5.11 Å². The van der Waals surface area contributed by atoms with Crippen LogP contribution in [-0.2, 0) is 6.42 Å². The van der Waals surface area contributed by atoms with Crippen molar-refractivity contribution in [1.82, 2.24) is 15.1 Å². The number of aliphatic hydroxyl groups is 1. The minimum Gasteiger partial charge on any atom is -0.490 e. The zero-order valence-corrected chi connectivity index (χ0v) is 20.9. The van der Waals surface area contributed by atoms with Crippen LogP contribution >= 0.6 is 0 Å². The lowest BCUT2D eigenvalue weighted by molar-refractivity contribution is 0.0599. The van der Waals surface area contributed by atoms with Crippen LogP contribution in [0.15, 0.2) is 51.3 Å². The van der Waals surface area contributed by atoms with E-state index in [1.165, 1.54) is 5.56 Å². The summed E-state index contributed by atoms with van der Waals surface area (Å²) in [5, 5.41) is 19.6.